The maximum atomic E-state index is 11.8. The van der Waals surface area contributed by atoms with Crippen LogP contribution < -0.4 is 42.4 Å². The van der Waals surface area contributed by atoms with Crippen molar-refractivity contribution in [1.29, 1.82) is 0 Å². The minimum atomic E-state index is -2.20. The number of nitrogens with one attached hydrogen (secondary N) is 2. The van der Waals surface area contributed by atoms with Crippen LogP contribution in [0.1, 0.15) is 72.6 Å². The van der Waals surface area contributed by atoms with Crippen molar-refractivity contribution in [2.45, 2.75) is 79.8 Å². The van der Waals surface area contributed by atoms with Gasteiger partial charge in [0.05, 0.1) is 99.1 Å². The van der Waals surface area contributed by atoms with Crippen LogP contribution in [0.5, 0.6) is 0 Å². The minimum absolute atomic E-state index is 0.0543. The number of allylic oxidation sites excluding steroid dienone is 1. The molecule has 105 heavy (non-hydrogen) atoms. The van der Waals surface area contributed by atoms with E-state index < -0.39 is 22.3 Å². The summed E-state index contributed by atoms with van der Waals surface area (Å²) in [6.07, 6.45) is 3.26. The van der Waals surface area contributed by atoms with Crippen molar-refractivity contribution in [3.63, 3.8) is 0 Å². The molecule has 0 radical (unpaired) electrons. The van der Waals surface area contributed by atoms with Gasteiger partial charge in [-0.05, 0) is 173 Å². The molecule has 6 N–H and O–H groups in total. The van der Waals surface area contributed by atoms with E-state index in [0.717, 1.165) is 60.6 Å². The van der Waals surface area contributed by atoms with Crippen molar-refractivity contribution in [3.8, 4) is 11.1 Å². The molecular formula is C84H106B2N4O14Si. The summed E-state index contributed by atoms with van der Waals surface area (Å²) in [5.74, 6) is -0.140. The van der Waals surface area contributed by atoms with Gasteiger partial charge in [0.1, 0.15) is 8.07 Å². The molecule has 18 nitrogen and oxygen atoms in total. The number of nitrogens with zero attached hydrogens (tertiary/aromatic N) is 2. The highest BCUT2D eigenvalue weighted by molar-refractivity contribution is 7.01. The Labute approximate surface area is 621 Å². The first-order valence-corrected chi connectivity index (χ1v) is 39.7. The lowest BCUT2D eigenvalue weighted by Gasteiger charge is -2.34. The first-order chi connectivity index (χ1) is 50.9. The Balaban J connectivity index is 1.03. The lowest BCUT2D eigenvalue weighted by Crippen LogP contribution is -2.63. The van der Waals surface area contributed by atoms with Crippen LogP contribution in [0.3, 0.4) is 0 Å². The monoisotopic (exact) mass is 1440 g/mol. The van der Waals surface area contributed by atoms with Gasteiger partial charge in [0.25, 0.3) is 0 Å². The van der Waals surface area contributed by atoms with E-state index in [0.29, 0.717) is 186 Å². The van der Waals surface area contributed by atoms with Gasteiger partial charge in [-0.2, -0.15) is 0 Å². The highest BCUT2D eigenvalue weighted by Gasteiger charge is 2.36. The number of ketones is 1. The van der Waals surface area contributed by atoms with Gasteiger partial charge in [0, 0.05) is 77.1 Å². The predicted octanol–water partition coefficient (Wildman–Crippen LogP) is 7.31. The zero-order valence-corrected chi connectivity index (χ0v) is 63.4. The molecule has 556 valence electrons. The smallest absolute Gasteiger partial charge is 0.423 e. The maximum absolute atomic E-state index is 11.8. The molecule has 0 atom stereocenters. The minimum Gasteiger partial charge on any atom is -0.423 e. The molecule has 0 bridgehead atoms. The highest BCUT2D eigenvalue weighted by atomic mass is 28.3. The molecule has 0 saturated carbocycles. The van der Waals surface area contributed by atoms with E-state index in [2.05, 4.69) is 164 Å². The fourth-order valence-corrected chi connectivity index (χ4v) is 16.6. The standard InChI is InChI=1S/C84H106B2N4O14Si/c1-10-63-26-30-72-81(52-63)105(8,9)82-55-68(87-7)29-32-73(82)83(72)74-53-64(27-25-62(74)6)65-28-31-71-75(54-65)77(59-90(57-67-19-12-16-23-79(67)86(95)96)35-39-100-43-47-103-50-48-101-44-40-97-36-17-24-80(91)60(2)3)70-21-14-13-20-69(70)76(71)58-89(56-66-18-11-15-22-78(66)85(93)94)34-38-99-42-46-104-51-49-102-45-41-98-37-33-88-84(92)61(4)5/h10-16,18-23,25-32,52-55,87,93-96H,2,4,17,24,33-51,56-59H2,1,3,5-9H3,(H,88,92)/b63-10+. The van der Waals surface area contributed by atoms with Crippen molar-refractivity contribution in [2.24, 2.45) is 0 Å². The van der Waals surface area contributed by atoms with Gasteiger partial charge in [0.15, 0.2) is 5.78 Å². The number of anilines is 1. The van der Waals surface area contributed by atoms with Crippen molar-refractivity contribution in [3.05, 3.63) is 219 Å². The Morgan fingerprint density at radius 1 is 0.505 bits per heavy atom. The summed E-state index contributed by atoms with van der Waals surface area (Å²) >= 11 is 0. The molecule has 0 spiro atoms. The fraction of sp³-hybridized carbons (Fsp3) is 0.381. The number of hydrogen-bond donors (Lipinski definition) is 6. The largest absolute Gasteiger partial charge is 0.488 e. The number of carbonyl (C=O) groups excluding carboxylic acids is 2. The average Bonchev–Trinajstić information content (AvgIpc) is 0.725. The van der Waals surface area contributed by atoms with Crippen LogP contribution in [0.25, 0.3) is 44.3 Å². The average molecular weight is 1450 g/mol. The summed E-state index contributed by atoms with van der Waals surface area (Å²) in [6.45, 7) is 29.3. The van der Waals surface area contributed by atoms with Gasteiger partial charge in [-0.15, -0.1) is 0 Å². The molecule has 1 heterocycles. The van der Waals surface area contributed by atoms with Crippen molar-refractivity contribution >= 4 is 94.2 Å². The van der Waals surface area contributed by atoms with Crippen LogP contribution >= 0.6 is 0 Å². The van der Waals surface area contributed by atoms with E-state index in [1.165, 1.54) is 43.1 Å². The van der Waals surface area contributed by atoms with E-state index in [4.69, 9.17) is 37.9 Å². The number of Topliss-reactive ketones (excluding diaryl/α,β-unsaturated/α-hetero) is 1. The van der Waals surface area contributed by atoms with Gasteiger partial charge in [0.2, 0.25) is 5.91 Å². The summed E-state index contributed by atoms with van der Waals surface area (Å²) in [6, 6.07) is 51.1. The molecule has 1 aliphatic rings. The first-order valence-electron chi connectivity index (χ1n) is 36.7. The number of benzene rings is 8. The molecule has 1 aliphatic heterocycles. The van der Waals surface area contributed by atoms with Gasteiger partial charge < -0.3 is 68.6 Å². The summed E-state index contributed by atoms with van der Waals surface area (Å²) in [7, 11) is -3.57. The third-order valence-corrected chi connectivity index (χ3v) is 22.8. The molecule has 0 unspecified atom stereocenters. The second-order valence-corrected chi connectivity index (χ2v) is 31.5. The van der Waals surface area contributed by atoms with Crippen LogP contribution in [-0.2, 0) is 73.7 Å². The van der Waals surface area contributed by atoms with Crippen LogP contribution in [0.2, 0.25) is 13.1 Å². The van der Waals surface area contributed by atoms with E-state index in [1.54, 1.807) is 26.0 Å². The lowest BCUT2D eigenvalue weighted by atomic mass is 9.77. The lowest BCUT2D eigenvalue weighted by molar-refractivity contribution is -0.118. The van der Waals surface area contributed by atoms with Crippen LogP contribution in [0, 0.1) is 6.92 Å². The Hall–Kier alpha value is -7.77. The Kier molecular flexibility index (Phi) is 32.0. The quantitative estimate of drug-likeness (QED) is 0.00954. The first kappa shape index (κ1) is 81.3. The second kappa shape index (κ2) is 41.4. The van der Waals surface area contributed by atoms with E-state index in [-0.39, 0.29) is 11.7 Å². The van der Waals surface area contributed by atoms with Crippen LogP contribution in [0.4, 0.5) is 5.69 Å². The summed E-state index contributed by atoms with van der Waals surface area (Å²) in [5.41, 5.74) is 13.7. The molecule has 0 aliphatic carbocycles. The Bertz CT molecular complexity index is 4360. The predicted molar refractivity (Wildman–Crippen MR) is 426 cm³/mol. The van der Waals surface area contributed by atoms with Crippen molar-refractivity contribution < 1.29 is 67.6 Å². The molecule has 21 heteroatoms. The van der Waals surface area contributed by atoms with Gasteiger partial charge in [-0.3, -0.25) is 19.4 Å². The second-order valence-electron chi connectivity index (χ2n) is 27.2. The molecule has 8 aromatic carbocycles. The fourth-order valence-electron chi connectivity index (χ4n) is 13.5. The molecule has 0 fully saturated rings. The molecule has 9 rings (SSSR count). The Morgan fingerprint density at radius 3 is 1.51 bits per heavy atom. The molecule has 0 aromatic heterocycles. The van der Waals surface area contributed by atoms with E-state index in [1.807, 2.05) is 43.4 Å². The molecule has 0 saturated heterocycles. The van der Waals surface area contributed by atoms with E-state index in [9.17, 15) is 29.7 Å². The zero-order valence-electron chi connectivity index (χ0n) is 62.4. The Morgan fingerprint density at radius 2 is 0.990 bits per heavy atom. The number of hydrogen-bond acceptors (Lipinski definition) is 17. The normalized spacial score (nSPS) is 12.7. The number of carbonyl (C=O) groups is 2. The maximum Gasteiger partial charge on any atom is 0.488 e. The van der Waals surface area contributed by atoms with Crippen molar-refractivity contribution in [1.82, 2.24) is 15.1 Å². The third kappa shape index (κ3) is 22.9. The number of amides is 1. The topological polar surface area (TPSA) is 219 Å². The van der Waals surface area contributed by atoms with Crippen molar-refractivity contribution in [2.75, 3.05) is 138 Å². The summed E-state index contributed by atoms with van der Waals surface area (Å²) in [4.78, 5) is 28.2. The number of fused-ring (bicyclic) bond motifs is 4. The highest BCUT2D eigenvalue weighted by Crippen LogP contribution is 2.39. The van der Waals surface area contributed by atoms with Gasteiger partial charge in [-0.25, -0.2) is 0 Å². The summed E-state index contributed by atoms with van der Waals surface area (Å²) in [5, 5.41) is 58.7. The SMILES string of the molecule is C=C(C)C(=O)CCCOCCOCCOCCOCCN(Cc1ccccc1B(O)O)Cc1c2ccccc2c(CN(CCOCCOCCOCCOCCNC(=O)C(=C)C)Cc2ccccc2B(O)O)c2ccc(-c3ccc(C)c(C4=c5cc/c(=C\C)cc5[Si](C)(C)c5cc(NC)ccc54)c3)cc12. The number of ether oxygens (including phenoxy) is 8. The third-order valence-electron chi connectivity index (χ3n) is 19.3. The van der Waals surface area contributed by atoms with Crippen LogP contribution in [-0.4, -0.2) is 196 Å². The number of aryl methyl sites for hydroxylation is 1. The number of rotatable bonds is 46. The van der Waals surface area contributed by atoms with Crippen LogP contribution in [0.15, 0.2) is 170 Å². The molecule has 8 aromatic rings. The zero-order chi connectivity index (χ0) is 74.7. The van der Waals surface area contributed by atoms with Gasteiger partial charge >= 0.3 is 14.2 Å². The molecular weight excluding hydrogens is 1340 g/mol. The van der Waals surface area contributed by atoms with E-state index >= 15 is 0 Å². The summed E-state index contributed by atoms with van der Waals surface area (Å²) < 4.78 is 47.1. The van der Waals surface area contributed by atoms with Gasteiger partial charge in [-0.1, -0.05) is 154 Å². The molecule has 1 amide bonds.